The second-order valence-corrected chi connectivity index (χ2v) is 5.91. The van der Waals surface area contributed by atoms with Crippen LogP contribution in [-0.2, 0) is 0 Å². The van der Waals surface area contributed by atoms with Crippen molar-refractivity contribution in [3.63, 3.8) is 0 Å². The second-order valence-electron chi connectivity index (χ2n) is 5.53. The van der Waals surface area contributed by atoms with Gasteiger partial charge in [-0.3, -0.25) is 0 Å². The minimum atomic E-state index is 0.451. The molecule has 0 radical (unpaired) electrons. The maximum Gasteiger partial charge on any atom is 0.401 e. The standard InChI is InChI=1S/C15H15ClN4O/c1-7(2)5-17-14-13-12(18-6-19-14)10-8(3)11(16)9(4)20-15(10)21-13/h7H,5H2,1-4H3/p+1. The lowest BCUT2D eigenvalue weighted by atomic mass is 10.1. The smallest absolute Gasteiger partial charge is 0.401 e. The van der Waals surface area contributed by atoms with E-state index in [4.69, 9.17) is 16.0 Å². The van der Waals surface area contributed by atoms with Crippen LogP contribution in [0.4, 0.5) is 0 Å². The molecule has 0 unspecified atom stereocenters. The van der Waals surface area contributed by atoms with Crippen LogP contribution >= 0.6 is 11.6 Å². The Morgan fingerprint density at radius 3 is 2.90 bits per heavy atom. The van der Waals surface area contributed by atoms with Crippen LogP contribution in [0.25, 0.3) is 22.2 Å². The van der Waals surface area contributed by atoms with E-state index < -0.39 is 0 Å². The normalized spacial score (nSPS) is 12.6. The SMILES string of the molecule is Cc1nc2oc3c(=NCC(C)C)[n+]#c[nH]c3c2c(C)c1Cl. The van der Waals surface area contributed by atoms with Crippen molar-refractivity contribution >= 4 is 33.8 Å². The molecule has 3 aromatic heterocycles. The van der Waals surface area contributed by atoms with Crippen molar-refractivity contribution in [2.24, 2.45) is 10.9 Å². The third kappa shape index (κ3) is 2.26. The minimum Gasteiger partial charge on any atom is -0.426 e. The molecule has 0 saturated heterocycles. The Balaban J connectivity index is 2.39. The molecule has 3 aromatic rings. The predicted molar refractivity (Wildman–Crippen MR) is 80.0 cm³/mol. The van der Waals surface area contributed by atoms with E-state index in [1.807, 2.05) is 13.8 Å². The third-order valence-electron chi connectivity index (χ3n) is 3.33. The number of aryl methyl sites for hydroxylation is 2. The Kier molecular flexibility index (Phi) is 3.34. The van der Waals surface area contributed by atoms with E-state index in [0.717, 1.165) is 22.2 Å². The average Bonchev–Trinajstić information content (AvgIpc) is 2.81. The van der Waals surface area contributed by atoms with Crippen molar-refractivity contribution in [2.75, 3.05) is 6.54 Å². The van der Waals surface area contributed by atoms with Crippen LogP contribution in [-0.4, -0.2) is 16.5 Å². The van der Waals surface area contributed by atoms with E-state index in [2.05, 4.69) is 40.1 Å². The number of rotatable bonds is 2. The van der Waals surface area contributed by atoms with E-state index in [1.165, 1.54) is 0 Å². The predicted octanol–water partition coefficient (Wildman–Crippen LogP) is 2.54. The first-order chi connectivity index (χ1) is 9.99. The molecule has 0 fully saturated rings. The minimum absolute atomic E-state index is 0.451. The number of nitrogens with one attached hydrogen (secondary N) is 1. The number of fused-ring (bicyclic) bond motifs is 3. The Labute approximate surface area is 127 Å². The van der Waals surface area contributed by atoms with Crippen LogP contribution < -0.4 is 10.5 Å². The Morgan fingerprint density at radius 2 is 2.19 bits per heavy atom. The van der Waals surface area contributed by atoms with Gasteiger partial charge in [0.15, 0.2) is 5.52 Å². The number of pyridine rings is 1. The summed E-state index contributed by atoms with van der Waals surface area (Å²) in [7, 11) is 0. The molecule has 108 valence electrons. The van der Waals surface area contributed by atoms with Gasteiger partial charge in [0, 0.05) is 0 Å². The number of hydrogen-bond donors (Lipinski definition) is 1. The van der Waals surface area contributed by atoms with E-state index in [0.29, 0.717) is 34.3 Å². The fraction of sp³-hybridized carbons (Fsp3) is 0.400. The zero-order valence-corrected chi connectivity index (χ0v) is 13.2. The van der Waals surface area contributed by atoms with Crippen LogP contribution in [0.1, 0.15) is 25.1 Å². The lowest BCUT2D eigenvalue weighted by Gasteiger charge is -2.00. The Bertz CT molecular complexity index is 892. The zero-order chi connectivity index (χ0) is 15.1. The monoisotopic (exact) mass is 303 g/mol. The molecule has 3 rings (SSSR count). The molecular formula is C15H16ClN4O+. The molecule has 0 aliphatic carbocycles. The van der Waals surface area contributed by atoms with Crippen LogP contribution in [0, 0.1) is 26.1 Å². The largest absolute Gasteiger partial charge is 0.426 e. The highest BCUT2D eigenvalue weighted by molar-refractivity contribution is 6.33. The summed E-state index contributed by atoms with van der Waals surface area (Å²) in [4.78, 5) is 16.0. The van der Waals surface area contributed by atoms with Gasteiger partial charge in [-0.25, -0.2) is 9.97 Å². The summed E-state index contributed by atoms with van der Waals surface area (Å²) >= 11 is 6.29. The quantitative estimate of drug-likeness (QED) is 0.791. The molecule has 0 bridgehead atoms. The first-order valence-corrected chi connectivity index (χ1v) is 7.22. The van der Waals surface area contributed by atoms with Crippen molar-refractivity contribution in [3.05, 3.63) is 28.1 Å². The summed E-state index contributed by atoms with van der Waals surface area (Å²) < 4.78 is 5.86. The van der Waals surface area contributed by atoms with E-state index >= 15 is 0 Å². The van der Waals surface area contributed by atoms with E-state index in [-0.39, 0.29) is 0 Å². The Morgan fingerprint density at radius 1 is 1.43 bits per heavy atom. The van der Waals surface area contributed by atoms with Gasteiger partial charge in [-0.05, 0) is 25.3 Å². The van der Waals surface area contributed by atoms with Crippen molar-refractivity contribution in [1.29, 1.82) is 0 Å². The van der Waals surface area contributed by atoms with Crippen LogP contribution in [0.3, 0.4) is 0 Å². The van der Waals surface area contributed by atoms with Gasteiger partial charge >= 0.3 is 11.8 Å². The van der Waals surface area contributed by atoms with Crippen molar-refractivity contribution in [2.45, 2.75) is 27.7 Å². The fourth-order valence-corrected chi connectivity index (χ4v) is 2.41. The molecule has 6 heteroatoms. The molecule has 0 spiro atoms. The van der Waals surface area contributed by atoms with Crippen molar-refractivity contribution in [1.82, 2.24) is 9.97 Å². The molecule has 0 amide bonds. The maximum absolute atomic E-state index is 6.29. The van der Waals surface area contributed by atoms with Crippen LogP contribution in [0.15, 0.2) is 9.41 Å². The van der Waals surface area contributed by atoms with E-state index in [9.17, 15) is 0 Å². The highest BCUT2D eigenvalue weighted by Crippen LogP contribution is 2.31. The zero-order valence-electron chi connectivity index (χ0n) is 12.4. The molecule has 0 saturated carbocycles. The molecular weight excluding hydrogens is 288 g/mol. The first-order valence-electron chi connectivity index (χ1n) is 6.84. The second kappa shape index (κ2) is 5.05. The molecule has 5 nitrogen and oxygen atoms in total. The number of aromatic nitrogens is 3. The molecule has 0 atom stereocenters. The van der Waals surface area contributed by atoms with Crippen LogP contribution in [0.2, 0.25) is 5.02 Å². The van der Waals surface area contributed by atoms with Crippen molar-refractivity contribution < 1.29 is 9.40 Å². The topological polar surface area (TPSA) is 68.3 Å². The third-order valence-corrected chi connectivity index (χ3v) is 3.89. The molecule has 1 N–H and O–H groups in total. The van der Waals surface area contributed by atoms with E-state index in [1.54, 1.807) is 0 Å². The summed E-state index contributed by atoms with van der Waals surface area (Å²) in [5.74, 6) is 0.451. The van der Waals surface area contributed by atoms with Gasteiger partial charge in [-0.2, -0.15) is 4.98 Å². The molecule has 3 heterocycles. The number of furan rings is 1. The summed E-state index contributed by atoms with van der Waals surface area (Å²) in [5, 5.41) is 1.51. The average molecular weight is 304 g/mol. The van der Waals surface area contributed by atoms with Gasteiger partial charge in [-0.1, -0.05) is 25.4 Å². The molecule has 0 aliphatic heterocycles. The summed E-state index contributed by atoms with van der Waals surface area (Å²) in [5.41, 5.74) is 4.16. The summed E-state index contributed by atoms with van der Waals surface area (Å²) in [6.07, 6.45) is 2.77. The highest BCUT2D eigenvalue weighted by Gasteiger charge is 2.20. The lowest BCUT2D eigenvalue weighted by molar-refractivity contribution is -0.319. The first kappa shape index (κ1) is 13.9. The molecule has 0 aliphatic rings. The summed E-state index contributed by atoms with van der Waals surface area (Å²) in [6, 6.07) is 0. The van der Waals surface area contributed by atoms with Crippen molar-refractivity contribution in [3.8, 4) is 0 Å². The number of halogens is 1. The van der Waals surface area contributed by atoms with Gasteiger partial charge in [-0.15, -0.1) is 4.99 Å². The van der Waals surface area contributed by atoms with Gasteiger partial charge in [0.1, 0.15) is 6.54 Å². The van der Waals surface area contributed by atoms with Crippen LogP contribution in [0.5, 0.6) is 0 Å². The Hall–Kier alpha value is -2.06. The lowest BCUT2D eigenvalue weighted by Crippen LogP contribution is -2.23. The fourth-order valence-electron chi connectivity index (χ4n) is 2.27. The van der Waals surface area contributed by atoms with Gasteiger partial charge in [0.25, 0.3) is 5.58 Å². The molecule has 0 aromatic carbocycles. The number of aromatic amines is 1. The van der Waals surface area contributed by atoms with Gasteiger partial charge in [0.05, 0.1) is 16.1 Å². The summed E-state index contributed by atoms with van der Waals surface area (Å²) in [6.45, 7) is 8.71. The maximum atomic E-state index is 6.29. The highest BCUT2D eigenvalue weighted by atomic mass is 35.5. The van der Waals surface area contributed by atoms with Gasteiger partial charge < -0.3 is 4.42 Å². The number of hydrogen-bond acceptors (Lipinski definition) is 3. The molecule has 21 heavy (non-hydrogen) atoms. The number of H-pyrrole nitrogens is 1. The van der Waals surface area contributed by atoms with Gasteiger partial charge in [0.2, 0.25) is 5.71 Å². The number of nitrogens with zero attached hydrogens (tertiary/aromatic N) is 3.